The lowest BCUT2D eigenvalue weighted by Gasteiger charge is -2.03. The lowest BCUT2D eigenvalue weighted by molar-refractivity contribution is 0.357. The van der Waals surface area contributed by atoms with Crippen LogP contribution in [-0.4, -0.2) is 16.4 Å². The molecule has 0 atom stereocenters. The van der Waals surface area contributed by atoms with Gasteiger partial charge >= 0.3 is 0 Å². The molecule has 0 amide bonds. The van der Waals surface area contributed by atoms with E-state index >= 15 is 0 Å². The average molecular weight is 229 g/mol. The molecule has 2 heterocycles. The van der Waals surface area contributed by atoms with Gasteiger partial charge in [0.2, 0.25) is 0 Å². The molecule has 4 nitrogen and oxygen atoms in total. The van der Waals surface area contributed by atoms with Crippen LogP contribution in [0.15, 0.2) is 24.4 Å². The quantitative estimate of drug-likeness (QED) is 0.848. The molecule has 1 aromatic carbocycles. The molecule has 0 bridgehead atoms. The lowest BCUT2D eigenvalue weighted by Crippen LogP contribution is -1.99. The summed E-state index contributed by atoms with van der Waals surface area (Å²) in [6.45, 7) is 1.25. The zero-order valence-electron chi connectivity index (χ0n) is 9.81. The van der Waals surface area contributed by atoms with Crippen LogP contribution < -0.4 is 10.5 Å². The SMILES string of the molecule is Cn1cc(-c2ccc3c(c2)CCO3)c(CN)n1. The number of rotatable bonds is 2. The largest absolute Gasteiger partial charge is 0.493 e. The van der Waals surface area contributed by atoms with Crippen LogP contribution in [-0.2, 0) is 20.0 Å². The zero-order chi connectivity index (χ0) is 11.8. The summed E-state index contributed by atoms with van der Waals surface area (Å²) in [6, 6.07) is 6.28. The van der Waals surface area contributed by atoms with Crippen LogP contribution in [0.4, 0.5) is 0 Å². The van der Waals surface area contributed by atoms with Crippen LogP contribution in [0.1, 0.15) is 11.3 Å². The minimum atomic E-state index is 0.462. The summed E-state index contributed by atoms with van der Waals surface area (Å²) in [5, 5.41) is 4.36. The van der Waals surface area contributed by atoms with E-state index in [4.69, 9.17) is 10.5 Å². The van der Waals surface area contributed by atoms with Gasteiger partial charge in [-0.2, -0.15) is 5.10 Å². The summed E-state index contributed by atoms with van der Waals surface area (Å²) in [5.41, 5.74) is 10.2. The summed E-state index contributed by atoms with van der Waals surface area (Å²) >= 11 is 0. The lowest BCUT2D eigenvalue weighted by atomic mass is 10.0. The van der Waals surface area contributed by atoms with Gasteiger partial charge in [0, 0.05) is 31.8 Å². The van der Waals surface area contributed by atoms with Crippen LogP contribution in [0.25, 0.3) is 11.1 Å². The zero-order valence-corrected chi connectivity index (χ0v) is 9.81. The van der Waals surface area contributed by atoms with Crippen LogP contribution in [0, 0.1) is 0 Å². The van der Waals surface area contributed by atoms with Crippen LogP contribution in [0.5, 0.6) is 5.75 Å². The molecule has 0 aliphatic carbocycles. The molecule has 0 fully saturated rings. The Balaban J connectivity index is 2.08. The third-order valence-corrected chi connectivity index (χ3v) is 3.10. The van der Waals surface area contributed by atoms with Crippen LogP contribution >= 0.6 is 0 Å². The van der Waals surface area contributed by atoms with Crippen molar-refractivity contribution in [3.05, 3.63) is 35.7 Å². The normalized spacial score (nSPS) is 13.5. The Hall–Kier alpha value is -1.81. The minimum absolute atomic E-state index is 0.462. The first-order valence-electron chi connectivity index (χ1n) is 5.76. The van der Waals surface area contributed by atoms with Gasteiger partial charge in [0.25, 0.3) is 0 Å². The number of hydrogen-bond acceptors (Lipinski definition) is 3. The van der Waals surface area contributed by atoms with E-state index in [-0.39, 0.29) is 0 Å². The van der Waals surface area contributed by atoms with Gasteiger partial charge in [0.05, 0.1) is 12.3 Å². The molecule has 88 valence electrons. The Bertz CT molecular complexity index is 560. The second kappa shape index (κ2) is 3.89. The van der Waals surface area contributed by atoms with Crippen molar-refractivity contribution in [3.63, 3.8) is 0 Å². The number of nitrogens with zero attached hydrogens (tertiary/aromatic N) is 2. The van der Waals surface area contributed by atoms with E-state index in [9.17, 15) is 0 Å². The minimum Gasteiger partial charge on any atom is -0.493 e. The number of nitrogens with two attached hydrogens (primary N) is 1. The van der Waals surface area contributed by atoms with Crippen molar-refractivity contribution in [2.75, 3.05) is 6.61 Å². The number of aromatic nitrogens is 2. The van der Waals surface area contributed by atoms with Crippen molar-refractivity contribution in [2.24, 2.45) is 12.8 Å². The molecule has 4 heteroatoms. The molecular formula is C13H15N3O. The molecule has 3 rings (SSSR count). The summed E-state index contributed by atoms with van der Waals surface area (Å²) in [5.74, 6) is 1.01. The fourth-order valence-corrected chi connectivity index (χ4v) is 2.28. The highest BCUT2D eigenvalue weighted by molar-refractivity contribution is 5.67. The highest BCUT2D eigenvalue weighted by Crippen LogP contribution is 2.31. The number of aryl methyl sites for hydroxylation is 1. The third-order valence-electron chi connectivity index (χ3n) is 3.10. The molecule has 0 unspecified atom stereocenters. The van der Waals surface area contributed by atoms with Crippen molar-refractivity contribution in [3.8, 4) is 16.9 Å². The topological polar surface area (TPSA) is 53.1 Å². The second-order valence-electron chi connectivity index (χ2n) is 4.29. The molecule has 2 N–H and O–H groups in total. The van der Waals surface area contributed by atoms with E-state index in [1.807, 2.05) is 19.3 Å². The molecule has 0 spiro atoms. The molecule has 1 aliphatic heterocycles. The summed E-state index contributed by atoms with van der Waals surface area (Å²) in [4.78, 5) is 0. The maximum absolute atomic E-state index is 5.71. The van der Waals surface area contributed by atoms with Gasteiger partial charge in [-0.25, -0.2) is 0 Å². The smallest absolute Gasteiger partial charge is 0.122 e. The maximum Gasteiger partial charge on any atom is 0.122 e. The van der Waals surface area contributed by atoms with Gasteiger partial charge in [-0.1, -0.05) is 6.07 Å². The van der Waals surface area contributed by atoms with Gasteiger partial charge < -0.3 is 10.5 Å². The molecule has 1 aromatic heterocycles. The molecule has 0 radical (unpaired) electrons. The van der Waals surface area contributed by atoms with Crippen molar-refractivity contribution < 1.29 is 4.74 Å². The van der Waals surface area contributed by atoms with Gasteiger partial charge in [0.15, 0.2) is 0 Å². The first-order chi connectivity index (χ1) is 8.28. The predicted molar refractivity (Wildman–Crippen MR) is 65.7 cm³/mol. The molecule has 1 aliphatic rings. The van der Waals surface area contributed by atoms with E-state index in [1.54, 1.807) is 4.68 Å². The van der Waals surface area contributed by atoms with E-state index in [0.717, 1.165) is 30.0 Å². The Morgan fingerprint density at radius 2 is 2.35 bits per heavy atom. The van der Waals surface area contributed by atoms with Crippen molar-refractivity contribution in [1.82, 2.24) is 9.78 Å². The Morgan fingerprint density at radius 1 is 1.47 bits per heavy atom. The number of benzene rings is 1. The van der Waals surface area contributed by atoms with Gasteiger partial charge in [-0.15, -0.1) is 0 Å². The van der Waals surface area contributed by atoms with Crippen molar-refractivity contribution in [2.45, 2.75) is 13.0 Å². The molecule has 17 heavy (non-hydrogen) atoms. The second-order valence-corrected chi connectivity index (χ2v) is 4.29. The number of ether oxygens (including phenoxy) is 1. The number of fused-ring (bicyclic) bond motifs is 1. The summed E-state index contributed by atoms with van der Waals surface area (Å²) < 4.78 is 7.31. The molecular weight excluding hydrogens is 214 g/mol. The van der Waals surface area contributed by atoms with Crippen LogP contribution in [0.2, 0.25) is 0 Å². The standard InChI is InChI=1S/C13H15N3O/c1-16-8-11(12(7-14)15-16)9-2-3-13-10(6-9)4-5-17-13/h2-3,6,8H,4-5,7,14H2,1H3. The molecule has 0 saturated carbocycles. The summed E-state index contributed by atoms with van der Waals surface area (Å²) in [6.07, 6.45) is 3.00. The van der Waals surface area contributed by atoms with Crippen molar-refractivity contribution in [1.29, 1.82) is 0 Å². The maximum atomic E-state index is 5.71. The van der Waals surface area contributed by atoms with Gasteiger partial charge in [-0.05, 0) is 23.3 Å². The monoisotopic (exact) mass is 229 g/mol. The fourth-order valence-electron chi connectivity index (χ4n) is 2.28. The summed E-state index contributed by atoms with van der Waals surface area (Å²) in [7, 11) is 1.92. The fraction of sp³-hybridized carbons (Fsp3) is 0.308. The van der Waals surface area contributed by atoms with E-state index in [0.29, 0.717) is 6.54 Å². The van der Waals surface area contributed by atoms with E-state index < -0.39 is 0 Å². The van der Waals surface area contributed by atoms with E-state index in [2.05, 4.69) is 17.2 Å². The average Bonchev–Trinajstić information content (AvgIpc) is 2.93. The Morgan fingerprint density at radius 3 is 3.18 bits per heavy atom. The van der Waals surface area contributed by atoms with Crippen LogP contribution in [0.3, 0.4) is 0 Å². The molecule has 2 aromatic rings. The first-order valence-corrected chi connectivity index (χ1v) is 5.76. The predicted octanol–water partition coefficient (Wildman–Crippen LogP) is 1.48. The Kier molecular flexibility index (Phi) is 2.37. The van der Waals surface area contributed by atoms with E-state index in [1.165, 1.54) is 11.1 Å². The Labute approximate surface area is 100 Å². The highest BCUT2D eigenvalue weighted by atomic mass is 16.5. The number of hydrogen-bond donors (Lipinski definition) is 1. The first kappa shape index (κ1) is 10.4. The highest BCUT2D eigenvalue weighted by Gasteiger charge is 2.15. The van der Waals surface area contributed by atoms with Gasteiger partial charge in [-0.3, -0.25) is 4.68 Å². The van der Waals surface area contributed by atoms with Crippen molar-refractivity contribution >= 4 is 0 Å². The third kappa shape index (κ3) is 1.70. The molecule has 0 saturated heterocycles. The van der Waals surface area contributed by atoms with Gasteiger partial charge in [0.1, 0.15) is 5.75 Å².